The highest BCUT2D eigenvalue weighted by Gasteiger charge is 2.23. The zero-order valence-corrected chi connectivity index (χ0v) is 19.4. The molecule has 0 radical (unpaired) electrons. The summed E-state index contributed by atoms with van der Waals surface area (Å²) in [6.45, 7) is 2.38. The van der Waals surface area contributed by atoms with E-state index >= 15 is 0 Å². The van der Waals surface area contributed by atoms with Crippen LogP contribution < -0.4 is 16.4 Å². The average Bonchev–Trinajstić information content (AvgIpc) is 2.86. The van der Waals surface area contributed by atoms with Gasteiger partial charge in [0.25, 0.3) is 11.5 Å². The van der Waals surface area contributed by atoms with Gasteiger partial charge in [0.2, 0.25) is 0 Å². The fraction of sp³-hybridized carbons (Fsp3) is 0.333. The summed E-state index contributed by atoms with van der Waals surface area (Å²) in [5.74, 6) is -0.332. The van der Waals surface area contributed by atoms with Crippen LogP contribution in [0.4, 0.5) is 0 Å². The first kappa shape index (κ1) is 22.1. The van der Waals surface area contributed by atoms with E-state index in [4.69, 9.17) is 10.4 Å². The van der Waals surface area contributed by atoms with Crippen molar-refractivity contribution in [1.29, 1.82) is 5.41 Å². The topological polar surface area (TPSA) is 92.3 Å². The number of carbonyl (C=O) groups excluding carboxylic acids is 1. The van der Waals surface area contributed by atoms with E-state index in [-0.39, 0.29) is 28.6 Å². The Kier molecular flexibility index (Phi) is 6.01. The molecule has 5 rings (SSSR count). The van der Waals surface area contributed by atoms with Crippen LogP contribution in [0, 0.1) is 12.3 Å². The third kappa shape index (κ3) is 4.02. The van der Waals surface area contributed by atoms with Crippen LogP contribution in [0.25, 0.3) is 16.7 Å². The highest BCUT2D eigenvalue weighted by Crippen LogP contribution is 2.29. The quantitative estimate of drug-likeness (QED) is 0.447. The lowest BCUT2D eigenvalue weighted by atomic mass is 9.94. The van der Waals surface area contributed by atoms with Gasteiger partial charge in [-0.2, -0.15) is 0 Å². The van der Waals surface area contributed by atoms with Crippen molar-refractivity contribution in [2.45, 2.75) is 51.5 Å². The number of nitrogens with one attached hydrogen (secondary N) is 2. The molecule has 0 saturated heterocycles. The number of pyridine rings is 2. The Bertz CT molecular complexity index is 1480. The molecule has 0 spiro atoms. The average molecular weight is 456 g/mol. The first-order valence-electron chi connectivity index (χ1n) is 12.0. The van der Waals surface area contributed by atoms with Gasteiger partial charge in [-0.15, -0.1) is 0 Å². The molecule has 4 aromatic rings. The van der Waals surface area contributed by atoms with Gasteiger partial charge in [0.1, 0.15) is 16.8 Å². The lowest BCUT2D eigenvalue weighted by Gasteiger charge is -2.26. The molecule has 1 amide bonds. The third-order valence-electron chi connectivity index (χ3n) is 6.80. The molecule has 7 heteroatoms. The van der Waals surface area contributed by atoms with Gasteiger partial charge in [-0.25, -0.2) is 4.98 Å². The summed E-state index contributed by atoms with van der Waals surface area (Å²) in [5, 5.41) is 12.3. The number of nitrogens with zero attached hydrogens (tertiary/aromatic N) is 3. The molecule has 174 valence electrons. The first-order valence-corrected chi connectivity index (χ1v) is 12.0. The Balaban J connectivity index is 1.62. The number of carbonyl (C=O) groups is 1. The first-order chi connectivity index (χ1) is 16.5. The zero-order valence-electron chi connectivity index (χ0n) is 19.4. The van der Waals surface area contributed by atoms with Crippen molar-refractivity contribution in [3.05, 3.63) is 87.3 Å². The number of aromatic nitrogens is 3. The number of benzene rings is 1. The molecular formula is C27H29N5O2. The second-order valence-corrected chi connectivity index (χ2v) is 9.10. The van der Waals surface area contributed by atoms with Crippen molar-refractivity contribution in [3.8, 4) is 0 Å². The minimum atomic E-state index is -0.332. The summed E-state index contributed by atoms with van der Waals surface area (Å²) in [5.41, 5.74) is 3.24. The molecule has 0 unspecified atom stereocenters. The van der Waals surface area contributed by atoms with E-state index in [0.717, 1.165) is 36.8 Å². The summed E-state index contributed by atoms with van der Waals surface area (Å²) in [7, 11) is 0. The zero-order chi connectivity index (χ0) is 23.7. The molecule has 1 saturated carbocycles. The normalized spacial score (nSPS) is 14.5. The minimum Gasteiger partial charge on any atom is -0.352 e. The molecule has 1 aliphatic carbocycles. The van der Waals surface area contributed by atoms with Crippen molar-refractivity contribution < 1.29 is 4.79 Å². The van der Waals surface area contributed by atoms with Crippen molar-refractivity contribution in [2.24, 2.45) is 0 Å². The van der Waals surface area contributed by atoms with E-state index in [9.17, 15) is 9.59 Å². The van der Waals surface area contributed by atoms with Crippen LogP contribution in [0.15, 0.2) is 59.5 Å². The van der Waals surface area contributed by atoms with Gasteiger partial charge in [0.15, 0.2) is 0 Å². The van der Waals surface area contributed by atoms with Gasteiger partial charge in [-0.3, -0.25) is 19.4 Å². The Morgan fingerprint density at radius 1 is 1.09 bits per heavy atom. The van der Waals surface area contributed by atoms with Crippen LogP contribution in [0.1, 0.15) is 59.6 Å². The number of hydrogen-bond donors (Lipinski definition) is 2. The molecule has 0 aliphatic heterocycles. The minimum absolute atomic E-state index is 0.0548. The fourth-order valence-corrected chi connectivity index (χ4v) is 4.99. The van der Waals surface area contributed by atoms with Gasteiger partial charge in [0, 0.05) is 18.8 Å². The van der Waals surface area contributed by atoms with Gasteiger partial charge in [0.05, 0.1) is 10.9 Å². The summed E-state index contributed by atoms with van der Waals surface area (Å²) in [6.07, 6.45) is 7.54. The lowest BCUT2D eigenvalue weighted by molar-refractivity contribution is 0.0951. The monoisotopic (exact) mass is 455 g/mol. The van der Waals surface area contributed by atoms with E-state index in [1.165, 1.54) is 10.8 Å². The second kappa shape index (κ2) is 9.25. The van der Waals surface area contributed by atoms with Crippen molar-refractivity contribution in [3.63, 3.8) is 0 Å². The SMILES string of the molecule is Cc1cccn2c(=O)c3cc(C(=O)NCCc4ccccc4)c(=N)n(C4CCCCC4)c3nc12. The number of aryl methyl sites for hydroxylation is 1. The summed E-state index contributed by atoms with van der Waals surface area (Å²) in [6, 6.07) is 15.3. The number of fused-ring (bicyclic) bond motifs is 2. The van der Waals surface area contributed by atoms with Crippen LogP contribution in [-0.2, 0) is 6.42 Å². The standard InChI is InChI=1S/C27H29N5O2/c1-18-9-8-16-31-24(18)30-25-22(27(31)34)17-21(23(28)32(25)20-12-6-3-7-13-20)26(33)29-15-14-19-10-4-2-5-11-19/h2,4-5,8-11,16-17,20,28H,3,6-7,12-15H2,1H3,(H,29,33). The lowest BCUT2D eigenvalue weighted by Crippen LogP contribution is -2.37. The van der Waals surface area contributed by atoms with Gasteiger partial charge in [-0.05, 0) is 49.4 Å². The molecule has 34 heavy (non-hydrogen) atoms. The van der Waals surface area contributed by atoms with Crippen molar-refractivity contribution in [2.75, 3.05) is 6.54 Å². The summed E-state index contributed by atoms with van der Waals surface area (Å²) >= 11 is 0. The van der Waals surface area contributed by atoms with Gasteiger partial charge < -0.3 is 9.88 Å². The van der Waals surface area contributed by atoms with Gasteiger partial charge >= 0.3 is 0 Å². The highest BCUT2D eigenvalue weighted by molar-refractivity contribution is 5.96. The predicted octanol–water partition coefficient (Wildman–Crippen LogP) is 3.91. The van der Waals surface area contributed by atoms with Crippen LogP contribution in [0.2, 0.25) is 0 Å². The molecule has 3 heterocycles. The number of rotatable bonds is 5. The van der Waals surface area contributed by atoms with E-state index in [2.05, 4.69) is 5.32 Å². The Hall–Kier alpha value is -3.74. The molecule has 0 atom stereocenters. The van der Waals surface area contributed by atoms with E-state index in [1.807, 2.05) is 54.0 Å². The highest BCUT2D eigenvalue weighted by atomic mass is 16.1. The Labute approximate surface area is 197 Å². The van der Waals surface area contributed by atoms with Crippen molar-refractivity contribution >= 4 is 22.6 Å². The van der Waals surface area contributed by atoms with E-state index in [0.29, 0.717) is 29.6 Å². The maximum atomic E-state index is 13.5. The molecule has 1 aromatic carbocycles. The molecule has 7 nitrogen and oxygen atoms in total. The number of amides is 1. The third-order valence-corrected chi connectivity index (χ3v) is 6.80. The molecule has 2 N–H and O–H groups in total. The van der Waals surface area contributed by atoms with Crippen molar-refractivity contribution in [1.82, 2.24) is 19.3 Å². The molecule has 1 fully saturated rings. The molecular weight excluding hydrogens is 426 g/mol. The largest absolute Gasteiger partial charge is 0.352 e. The van der Waals surface area contributed by atoms with Gasteiger partial charge in [-0.1, -0.05) is 55.7 Å². The maximum Gasteiger partial charge on any atom is 0.267 e. The van der Waals surface area contributed by atoms with Crippen LogP contribution in [0.5, 0.6) is 0 Å². The van der Waals surface area contributed by atoms with Crippen LogP contribution in [0.3, 0.4) is 0 Å². The molecule has 0 bridgehead atoms. The Morgan fingerprint density at radius 2 is 1.85 bits per heavy atom. The fourth-order valence-electron chi connectivity index (χ4n) is 4.99. The smallest absolute Gasteiger partial charge is 0.267 e. The maximum absolute atomic E-state index is 13.5. The number of hydrogen-bond acceptors (Lipinski definition) is 4. The second-order valence-electron chi connectivity index (χ2n) is 9.10. The molecule has 1 aliphatic rings. The summed E-state index contributed by atoms with van der Waals surface area (Å²) < 4.78 is 3.37. The Morgan fingerprint density at radius 3 is 2.62 bits per heavy atom. The predicted molar refractivity (Wildman–Crippen MR) is 132 cm³/mol. The molecule has 3 aromatic heterocycles. The summed E-state index contributed by atoms with van der Waals surface area (Å²) in [4.78, 5) is 31.5. The van der Waals surface area contributed by atoms with E-state index < -0.39 is 0 Å². The van der Waals surface area contributed by atoms with E-state index in [1.54, 1.807) is 12.3 Å². The van der Waals surface area contributed by atoms with Crippen LogP contribution in [-0.4, -0.2) is 26.4 Å². The van der Waals surface area contributed by atoms with Crippen LogP contribution >= 0.6 is 0 Å².